The molecule has 0 atom stereocenters. The molecular weight excluding hydrogens is 464 g/mol. The Bertz CT molecular complexity index is 1340. The van der Waals surface area contributed by atoms with Crippen molar-refractivity contribution in [1.82, 2.24) is 9.21 Å². The number of carbonyl (C=O) groups is 2. The van der Waals surface area contributed by atoms with Gasteiger partial charge in [-0.3, -0.25) is 19.4 Å². The van der Waals surface area contributed by atoms with E-state index < -0.39 is 10.0 Å². The SMILES string of the molecule is O=C1CN(C(=O)c2ccc(CN3CCN(S(=O)(=O)c4ccccc4)CC3)cc2)c2ccccc2N1. The highest BCUT2D eigenvalue weighted by Gasteiger charge is 2.29. The van der Waals surface area contributed by atoms with Crippen LogP contribution in [0, 0.1) is 0 Å². The maximum absolute atomic E-state index is 13.1. The molecule has 0 unspecified atom stereocenters. The second kappa shape index (κ2) is 9.61. The molecule has 2 heterocycles. The van der Waals surface area contributed by atoms with Gasteiger partial charge in [-0.25, -0.2) is 8.42 Å². The van der Waals surface area contributed by atoms with E-state index >= 15 is 0 Å². The zero-order valence-corrected chi connectivity index (χ0v) is 19.9. The summed E-state index contributed by atoms with van der Waals surface area (Å²) in [7, 11) is -3.47. The van der Waals surface area contributed by atoms with Gasteiger partial charge in [0.05, 0.1) is 16.3 Å². The second-order valence-corrected chi connectivity index (χ2v) is 10.6. The molecule has 3 aromatic carbocycles. The second-order valence-electron chi connectivity index (χ2n) is 8.65. The number of amides is 2. The number of benzene rings is 3. The first-order valence-electron chi connectivity index (χ1n) is 11.5. The topological polar surface area (TPSA) is 90.0 Å². The molecule has 0 spiro atoms. The summed E-state index contributed by atoms with van der Waals surface area (Å²) < 4.78 is 27.2. The Hall–Kier alpha value is -3.53. The van der Waals surface area contributed by atoms with Gasteiger partial charge in [0, 0.05) is 38.3 Å². The van der Waals surface area contributed by atoms with Gasteiger partial charge in [-0.1, -0.05) is 42.5 Å². The lowest BCUT2D eigenvalue weighted by Gasteiger charge is -2.34. The van der Waals surface area contributed by atoms with E-state index in [9.17, 15) is 18.0 Å². The molecule has 0 radical (unpaired) electrons. The van der Waals surface area contributed by atoms with Gasteiger partial charge in [0.25, 0.3) is 5.91 Å². The predicted molar refractivity (Wildman–Crippen MR) is 134 cm³/mol. The van der Waals surface area contributed by atoms with Crippen LogP contribution in [0.5, 0.6) is 0 Å². The lowest BCUT2D eigenvalue weighted by Crippen LogP contribution is -2.48. The van der Waals surface area contributed by atoms with E-state index in [2.05, 4.69) is 10.2 Å². The van der Waals surface area contributed by atoms with Crippen LogP contribution in [-0.2, 0) is 21.4 Å². The first-order valence-corrected chi connectivity index (χ1v) is 12.9. The molecule has 2 aliphatic heterocycles. The third-order valence-electron chi connectivity index (χ3n) is 6.34. The van der Waals surface area contributed by atoms with Crippen molar-refractivity contribution in [2.24, 2.45) is 0 Å². The molecule has 180 valence electrons. The first kappa shape index (κ1) is 23.2. The van der Waals surface area contributed by atoms with Crippen molar-refractivity contribution in [1.29, 1.82) is 0 Å². The van der Waals surface area contributed by atoms with Crippen molar-refractivity contribution in [3.05, 3.63) is 90.0 Å². The fraction of sp³-hybridized carbons (Fsp3) is 0.231. The lowest BCUT2D eigenvalue weighted by atomic mass is 10.1. The zero-order chi connectivity index (χ0) is 24.4. The number of piperazine rings is 1. The summed E-state index contributed by atoms with van der Waals surface area (Å²) in [5.41, 5.74) is 2.86. The van der Waals surface area contributed by atoms with Crippen molar-refractivity contribution in [2.75, 3.05) is 42.9 Å². The average Bonchev–Trinajstić information content (AvgIpc) is 2.89. The number of carbonyl (C=O) groups excluding carboxylic acids is 2. The molecule has 5 rings (SSSR count). The maximum Gasteiger partial charge on any atom is 0.258 e. The van der Waals surface area contributed by atoms with Gasteiger partial charge in [-0.2, -0.15) is 4.31 Å². The zero-order valence-electron chi connectivity index (χ0n) is 19.1. The van der Waals surface area contributed by atoms with E-state index in [1.807, 2.05) is 30.3 Å². The average molecular weight is 491 g/mol. The van der Waals surface area contributed by atoms with Crippen LogP contribution in [0.15, 0.2) is 83.8 Å². The smallest absolute Gasteiger partial charge is 0.258 e. The molecule has 1 N–H and O–H groups in total. The third kappa shape index (κ3) is 4.84. The van der Waals surface area contributed by atoms with Crippen LogP contribution >= 0.6 is 0 Å². The Balaban J connectivity index is 1.21. The number of nitrogens with one attached hydrogen (secondary N) is 1. The number of hydrogen-bond donors (Lipinski definition) is 1. The molecule has 35 heavy (non-hydrogen) atoms. The Morgan fingerprint density at radius 1 is 0.829 bits per heavy atom. The number of fused-ring (bicyclic) bond motifs is 1. The monoisotopic (exact) mass is 490 g/mol. The summed E-state index contributed by atoms with van der Waals surface area (Å²) in [6, 6.07) is 23.2. The van der Waals surface area contributed by atoms with Crippen LogP contribution in [0.25, 0.3) is 0 Å². The normalized spacial score (nSPS) is 17.0. The molecule has 1 fully saturated rings. The first-order chi connectivity index (χ1) is 16.9. The molecule has 1 saturated heterocycles. The molecule has 0 bridgehead atoms. The van der Waals surface area contributed by atoms with Crippen molar-refractivity contribution in [2.45, 2.75) is 11.4 Å². The van der Waals surface area contributed by atoms with Gasteiger partial charge in [-0.15, -0.1) is 0 Å². The van der Waals surface area contributed by atoms with E-state index in [4.69, 9.17) is 0 Å². The van der Waals surface area contributed by atoms with Crippen LogP contribution < -0.4 is 10.2 Å². The standard InChI is InChI=1S/C26H26N4O4S/c31-25-19-30(24-9-5-4-8-23(24)27-25)26(32)21-12-10-20(11-13-21)18-28-14-16-29(17-15-28)35(33,34)22-6-2-1-3-7-22/h1-13H,14-19H2,(H,27,31). The minimum atomic E-state index is -3.47. The Kier molecular flexibility index (Phi) is 6.38. The van der Waals surface area contributed by atoms with Crippen LogP contribution in [0.1, 0.15) is 15.9 Å². The molecule has 0 aliphatic carbocycles. The molecule has 3 aromatic rings. The number of sulfonamides is 1. The van der Waals surface area contributed by atoms with Gasteiger partial charge >= 0.3 is 0 Å². The van der Waals surface area contributed by atoms with Gasteiger partial charge in [0.1, 0.15) is 6.54 Å². The lowest BCUT2D eigenvalue weighted by molar-refractivity contribution is -0.115. The molecule has 0 aromatic heterocycles. The number of para-hydroxylation sites is 2. The fourth-order valence-electron chi connectivity index (χ4n) is 4.45. The van der Waals surface area contributed by atoms with Crippen molar-refractivity contribution in [3.8, 4) is 0 Å². The van der Waals surface area contributed by atoms with Gasteiger partial charge in [0.2, 0.25) is 15.9 Å². The molecular formula is C26H26N4O4S. The van der Waals surface area contributed by atoms with Crippen molar-refractivity contribution < 1.29 is 18.0 Å². The Morgan fingerprint density at radius 2 is 1.49 bits per heavy atom. The molecule has 0 saturated carbocycles. The minimum absolute atomic E-state index is 0.0201. The van der Waals surface area contributed by atoms with Crippen LogP contribution in [0.2, 0.25) is 0 Å². The highest BCUT2D eigenvalue weighted by atomic mass is 32.2. The summed E-state index contributed by atoms with van der Waals surface area (Å²) in [6.45, 7) is 2.78. The van der Waals surface area contributed by atoms with E-state index in [1.54, 1.807) is 48.5 Å². The Morgan fingerprint density at radius 3 is 2.20 bits per heavy atom. The van der Waals surface area contributed by atoms with Crippen molar-refractivity contribution in [3.63, 3.8) is 0 Å². The predicted octanol–water partition coefficient (Wildman–Crippen LogP) is 2.79. The summed E-state index contributed by atoms with van der Waals surface area (Å²) in [5.74, 6) is -0.444. The highest BCUT2D eigenvalue weighted by molar-refractivity contribution is 7.89. The molecule has 8 nitrogen and oxygen atoms in total. The van der Waals surface area contributed by atoms with E-state index in [-0.39, 0.29) is 18.4 Å². The third-order valence-corrected chi connectivity index (χ3v) is 8.25. The van der Waals surface area contributed by atoms with E-state index in [0.29, 0.717) is 54.6 Å². The molecule has 9 heteroatoms. The number of rotatable bonds is 5. The van der Waals surface area contributed by atoms with Gasteiger partial charge < -0.3 is 5.32 Å². The van der Waals surface area contributed by atoms with E-state index in [0.717, 1.165) is 5.56 Å². The molecule has 2 aliphatic rings. The molecule has 2 amide bonds. The van der Waals surface area contributed by atoms with E-state index in [1.165, 1.54) is 9.21 Å². The number of anilines is 2. The van der Waals surface area contributed by atoms with Crippen LogP contribution in [-0.4, -0.2) is 62.2 Å². The minimum Gasteiger partial charge on any atom is -0.323 e. The van der Waals surface area contributed by atoms with Crippen molar-refractivity contribution >= 4 is 33.2 Å². The number of nitrogens with zero attached hydrogens (tertiary/aromatic N) is 3. The van der Waals surface area contributed by atoms with Crippen LogP contribution in [0.4, 0.5) is 11.4 Å². The van der Waals surface area contributed by atoms with Gasteiger partial charge in [-0.05, 0) is 42.0 Å². The maximum atomic E-state index is 13.1. The summed E-state index contributed by atoms with van der Waals surface area (Å²) in [6.07, 6.45) is 0. The quantitative estimate of drug-likeness (QED) is 0.594. The summed E-state index contributed by atoms with van der Waals surface area (Å²) in [5, 5.41) is 2.79. The summed E-state index contributed by atoms with van der Waals surface area (Å²) >= 11 is 0. The summed E-state index contributed by atoms with van der Waals surface area (Å²) in [4.78, 5) is 29.2. The Labute approximate surface area is 204 Å². The largest absolute Gasteiger partial charge is 0.323 e. The number of hydrogen-bond acceptors (Lipinski definition) is 5. The highest BCUT2D eigenvalue weighted by Crippen LogP contribution is 2.30. The van der Waals surface area contributed by atoms with Crippen LogP contribution in [0.3, 0.4) is 0 Å². The fourth-order valence-corrected chi connectivity index (χ4v) is 5.89. The van der Waals surface area contributed by atoms with Gasteiger partial charge in [0.15, 0.2) is 0 Å².